The molecule has 2 N–H and O–H groups in total. The van der Waals surface area contributed by atoms with Crippen LogP contribution in [0.2, 0.25) is 0 Å². The molecule has 1 aromatic heterocycles. The first-order chi connectivity index (χ1) is 12.2. The highest BCUT2D eigenvalue weighted by molar-refractivity contribution is 14.1. The van der Waals surface area contributed by atoms with Crippen LogP contribution in [0.25, 0.3) is 0 Å². The Morgan fingerprint density at radius 1 is 1.08 bits per heavy atom. The van der Waals surface area contributed by atoms with Crippen molar-refractivity contribution in [2.24, 2.45) is 0 Å². The van der Waals surface area contributed by atoms with Crippen LogP contribution in [0.1, 0.15) is 5.56 Å². The summed E-state index contributed by atoms with van der Waals surface area (Å²) in [6.45, 7) is 0.702. The van der Waals surface area contributed by atoms with E-state index in [9.17, 15) is 4.79 Å². The van der Waals surface area contributed by atoms with Gasteiger partial charge < -0.3 is 10.6 Å². The summed E-state index contributed by atoms with van der Waals surface area (Å²) in [5, 5.41) is 15.1. The molecule has 0 bridgehead atoms. The number of aromatic nitrogens is 2. The van der Waals surface area contributed by atoms with E-state index in [0.717, 1.165) is 18.7 Å². The number of nitrogens with zero attached hydrogens (tertiary/aromatic N) is 2. The first-order valence-corrected chi connectivity index (χ1v) is 10.4. The van der Waals surface area contributed by atoms with Gasteiger partial charge in [0.15, 0.2) is 4.34 Å². The van der Waals surface area contributed by atoms with Gasteiger partial charge in [0.1, 0.15) is 0 Å². The molecule has 1 amide bonds. The van der Waals surface area contributed by atoms with Crippen molar-refractivity contribution in [2.45, 2.75) is 10.9 Å². The normalized spacial score (nSPS) is 10.4. The number of amides is 1. The maximum Gasteiger partial charge on any atom is 0.234 e. The summed E-state index contributed by atoms with van der Waals surface area (Å²) < 4.78 is 1.91. The van der Waals surface area contributed by atoms with Crippen molar-refractivity contribution < 1.29 is 4.79 Å². The Kier molecular flexibility index (Phi) is 6.65. The second-order valence-corrected chi connectivity index (χ2v) is 8.50. The molecule has 2 aromatic carbocycles. The molecule has 0 aliphatic carbocycles. The van der Waals surface area contributed by atoms with Crippen molar-refractivity contribution in [1.29, 1.82) is 0 Å². The summed E-state index contributed by atoms with van der Waals surface area (Å²) in [5.41, 5.74) is 1.98. The van der Waals surface area contributed by atoms with Gasteiger partial charge in [0, 0.05) is 15.8 Å². The lowest BCUT2D eigenvalue weighted by Crippen LogP contribution is -2.13. The molecule has 1 heterocycles. The first-order valence-electron chi connectivity index (χ1n) is 7.48. The van der Waals surface area contributed by atoms with Gasteiger partial charge in [0.2, 0.25) is 11.0 Å². The molecule has 0 spiro atoms. The third-order valence-corrected chi connectivity index (χ3v) is 5.88. The molecule has 0 saturated carbocycles. The largest absolute Gasteiger partial charge is 0.356 e. The number of carbonyl (C=O) groups is 1. The van der Waals surface area contributed by atoms with Gasteiger partial charge >= 0.3 is 0 Å². The fourth-order valence-electron chi connectivity index (χ4n) is 1.97. The Labute approximate surface area is 167 Å². The van der Waals surface area contributed by atoms with Crippen LogP contribution in [0, 0.1) is 3.57 Å². The van der Waals surface area contributed by atoms with Gasteiger partial charge in [0.05, 0.1) is 5.75 Å². The van der Waals surface area contributed by atoms with E-state index >= 15 is 0 Å². The van der Waals surface area contributed by atoms with Gasteiger partial charge in [-0.3, -0.25) is 4.79 Å². The predicted molar refractivity (Wildman–Crippen MR) is 112 cm³/mol. The zero-order valence-electron chi connectivity index (χ0n) is 13.1. The standard InChI is InChI=1S/C17H15IN4OS2/c18-13-6-8-14(9-7-13)20-15(23)11-24-17-22-21-16(25-17)19-10-12-4-2-1-3-5-12/h1-9H,10-11H2,(H,19,21)(H,20,23). The molecule has 0 atom stereocenters. The molecule has 0 saturated heterocycles. The summed E-state index contributed by atoms with van der Waals surface area (Å²) in [7, 11) is 0. The molecular weight excluding hydrogens is 467 g/mol. The van der Waals surface area contributed by atoms with Crippen LogP contribution in [0.4, 0.5) is 10.8 Å². The van der Waals surface area contributed by atoms with E-state index in [1.807, 2.05) is 42.5 Å². The third-order valence-electron chi connectivity index (χ3n) is 3.15. The van der Waals surface area contributed by atoms with E-state index in [1.54, 1.807) is 0 Å². The monoisotopic (exact) mass is 482 g/mol. The van der Waals surface area contributed by atoms with E-state index in [-0.39, 0.29) is 5.91 Å². The molecule has 0 radical (unpaired) electrons. The van der Waals surface area contributed by atoms with Crippen molar-refractivity contribution >= 4 is 62.4 Å². The van der Waals surface area contributed by atoms with E-state index in [0.29, 0.717) is 12.3 Å². The van der Waals surface area contributed by atoms with Gasteiger partial charge in [-0.05, 0) is 52.4 Å². The zero-order valence-corrected chi connectivity index (χ0v) is 16.9. The number of halogens is 1. The predicted octanol–water partition coefficient (Wildman–Crippen LogP) is 4.49. The summed E-state index contributed by atoms with van der Waals surface area (Å²) in [6.07, 6.45) is 0. The van der Waals surface area contributed by atoms with Gasteiger partial charge in [-0.25, -0.2) is 0 Å². The van der Waals surface area contributed by atoms with E-state index in [2.05, 4.69) is 55.6 Å². The van der Waals surface area contributed by atoms with Gasteiger partial charge in [0.25, 0.3) is 0 Å². The Balaban J connectivity index is 1.45. The molecule has 3 rings (SSSR count). The maximum absolute atomic E-state index is 12.0. The minimum atomic E-state index is -0.0554. The number of rotatable bonds is 7. The fraction of sp³-hybridized carbons (Fsp3) is 0.118. The highest BCUT2D eigenvalue weighted by atomic mass is 127. The zero-order chi connectivity index (χ0) is 17.5. The van der Waals surface area contributed by atoms with Gasteiger partial charge in [-0.2, -0.15) is 0 Å². The Hall–Kier alpha value is -1.65. The molecule has 25 heavy (non-hydrogen) atoms. The molecule has 128 valence electrons. The molecule has 0 aliphatic rings. The quantitative estimate of drug-likeness (QED) is 0.384. The minimum absolute atomic E-state index is 0.0554. The fourth-order valence-corrected chi connectivity index (χ4v) is 3.88. The van der Waals surface area contributed by atoms with Crippen LogP contribution in [0.5, 0.6) is 0 Å². The molecule has 5 nitrogen and oxygen atoms in total. The number of hydrogen-bond donors (Lipinski definition) is 2. The van der Waals surface area contributed by atoms with Crippen LogP contribution in [0.3, 0.4) is 0 Å². The summed E-state index contributed by atoms with van der Waals surface area (Å²) in [6, 6.07) is 17.8. The Morgan fingerprint density at radius 2 is 1.84 bits per heavy atom. The first kappa shape index (κ1) is 18.2. The number of carbonyl (C=O) groups excluding carboxylic acids is 1. The molecular formula is C17H15IN4OS2. The lowest BCUT2D eigenvalue weighted by molar-refractivity contribution is -0.113. The average Bonchev–Trinajstić information content (AvgIpc) is 3.09. The maximum atomic E-state index is 12.0. The molecule has 0 aliphatic heterocycles. The Bertz CT molecular complexity index is 824. The van der Waals surface area contributed by atoms with Crippen LogP contribution in [0.15, 0.2) is 58.9 Å². The molecule has 0 unspecified atom stereocenters. The lowest BCUT2D eigenvalue weighted by atomic mass is 10.2. The Morgan fingerprint density at radius 3 is 2.60 bits per heavy atom. The van der Waals surface area contributed by atoms with Crippen LogP contribution in [-0.4, -0.2) is 21.9 Å². The number of nitrogens with one attached hydrogen (secondary N) is 2. The van der Waals surface area contributed by atoms with Gasteiger partial charge in [-0.1, -0.05) is 53.4 Å². The van der Waals surface area contributed by atoms with Crippen molar-refractivity contribution in [3.8, 4) is 0 Å². The van der Waals surface area contributed by atoms with Gasteiger partial charge in [-0.15, -0.1) is 10.2 Å². The minimum Gasteiger partial charge on any atom is -0.356 e. The summed E-state index contributed by atoms with van der Waals surface area (Å²) >= 11 is 5.07. The van der Waals surface area contributed by atoms with Crippen molar-refractivity contribution in [3.63, 3.8) is 0 Å². The third kappa shape index (κ3) is 5.98. The van der Waals surface area contributed by atoms with E-state index < -0.39 is 0 Å². The SMILES string of the molecule is O=C(CSc1nnc(NCc2ccccc2)s1)Nc1ccc(I)cc1. The highest BCUT2D eigenvalue weighted by Gasteiger charge is 2.08. The number of thioether (sulfide) groups is 1. The number of hydrogen-bond acceptors (Lipinski definition) is 6. The van der Waals surface area contributed by atoms with Crippen LogP contribution >= 0.6 is 45.7 Å². The second-order valence-electron chi connectivity index (χ2n) is 5.06. The molecule has 8 heteroatoms. The second kappa shape index (κ2) is 9.16. The van der Waals surface area contributed by atoms with Crippen LogP contribution in [-0.2, 0) is 11.3 Å². The molecule has 3 aromatic rings. The summed E-state index contributed by atoms with van der Waals surface area (Å²) in [5.74, 6) is 0.249. The smallest absolute Gasteiger partial charge is 0.234 e. The summed E-state index contributed by atoms with van der Waals surface area (Å²) in [4.78, 5) is 12.0. The number of anilines is 2. The topological polar surface area (TPSA) is 66.9 Å². The van der Waals surface area contributed by atoms with Crippen molar-refractivity contribution in [3.05, 3.63) is 63.7 Å². The number of benzene rings is 2. The average molecular weight is 482 g/mol. The van der Waals surface area contributed by atoms with Crippen molar-refractivity contribution in [1.82, 2.24) is 10.2 Å². The van der Waals surface area contributed by atoms with E-state index in [1.165, 1.54) is 28.7 Å². The highest BCUT2D eigenvalue weighted by Crippen LogP contribution is 2.26. The van der Waals surface area contributed by atoms with Crippen LogP contribution < -0.4 is 10.6 Å². The lowest BCUT2D eigenvalue weighted by Gasteiger charge is -2.03. The van der Waals surface area contributed by atoms with Crippen molar-refractivity contribution in [2.75, 3.05) is 16.4 Å². The van der Waals surface area contributed by atoms with E-state index in [4.69, 9.17) is 0 Å². The molecule has 0 fully saturated rings.